The molecule has 1 saturated heterocycles. The number of hydrogen-bond acceptors (Lipinski definition) is 5. The summed E-state index contributed by atoms with van der Waals surface area (Å²) in [5, 5.41) is 13.9. The van der Waals surface area contributed by atoms with Crippen molar-refractivity contribution in [3.8, 4) is 0 Å². The lowest BCUT2D eigenvalue weighted by atomic mass is 9.75. The van der Waals surface area contributed by atoms with E-state index in [-0.39, 0.29) is 24.7 Å². The second-order valence-electron chi connectivity index (χ2n) is 6.97. The first-order valence-electron chi connectivity index (χ1n) is 8.47. The Bertz CT molecular complexity index is 762. The maximum atomic E-state index is 14.0. The molecule has 25 heavy (non-hydrogen) atoms. The van der Waals surface area contributed by atoms with Crippen LogP contribution in [0.1, 0.15) is 44.1 Å². The fourth-order valence-electron chi connectivity index (χ4n) is 3.29. The number of halogens is 1. The van der Waals surface area contributed by atoms with Crippen molar-refractivity contribution in [3.63, 3.8) is 0 Å². The lowest BCUT2D eigenvalue weighted by Crippen LogP contribution is -2.49. The van der Waals surface area contributed by atoms with Crippen LogP contribution in [0.25, 0.3) is 0 Å². The molecule has 1 aromatic carbocycles. The number of nitrogens with zero attached hydrogens (tertiary/aromatic N) is 3. The minimum Gasteiger partial charge on any atom is -0.481 e. The molecule has 1 N–H and O–H groups in total. The summed E-state index contributed by atoms with van der Waals surface area (Å²) in [6.07, 6.45) is 1.30. The van der Waals surface area contributed by atoms with Crippen molar-refractivity contribution < 1.29 is 18.8 Å². The van der Waals surface area contributed by atoms with E-state index >= 15 is 0 Å². The van der Waals surface area contributed by atoms with E-state index in [0.717, 1.165) is 0 Å². The van der Waals surface area contributed by atoms with Crippen molar-refractivity contribution in [1.29, 1.82) is 0 Å². The summed E-state index contributed by atoms with van der Waals surface area (Å²) in [5.41, 5.74) is -0.651. The molecule has 134 valence electrons. The molecule has 6 nitrogen and oxygen atoms in total. The summed E-state index contributed by atoms with van der Waals surface area (Å²) in [4.78, 5) is 18.3. The van der Waals surface area contributed by atoms with Crippen molar-refractivity contribution in [3.05, 3.63) is 41.5 Å². The zero-order valence-electron chi connectivity index (χ0n) is 14.4. The molecule has 3 rings (SSSR count). The first kappa shape index (κ1) is 17.4. The van der Waals surface area contributed by atoms with E-state index in [2.05, 4.69) is 10.1 Å². The molecular weight excluding hydrogens is 325 g/mol. The van der Waals surface area contributed by atoms with Crippen LogP contribution in [0.5, 0.6) is 0 Å². The predicted molar refractivity (Wildman–Crippen MR) is 90.0 cm³/mol. The Balaban J connectivity index is 1.86. The van der Waals surface area contributed by atoms with E-state index in [4.69, 9.17) is 4.52 Å². The van der Waals surface area contributed by atoms with Crippen molar-refractivity contribution in [2.75, 3.05) is 18.0 Å². The maximum absolute atomic E-state index is 14.0. The van der Waals surface area contributed by atoms with Crippen LogP contribution in [0.3, 0.4) is 0 Å². The molecule has 1 fully saturated rings. The summed E-state index contributed by atoms with van der Waals surface area (Å²) in [6.45, 7) is 4.79. The number of carboxylic acids is 1. The van der Waals surface area contributed by atoms with Gasteiger partial charge < -0.3 is 14.5 Å². The Kier molecular flexibility index (Phi) is 4.74. The van der Waals surface area contributed by atoms with E-state index in [1.165, 1.54) is 6.07 Å². The summed E-state index contributed by atoms with van der Waals surface area (Å²) in [7, 11) is 0. The third-order valence-electron chi connectivity index (χ3n) is 4.72. The first-order chi connectivity index (χ1) is 11.9. The van der Waals surface area contributed by atoms with E-state index in [0.29, 0.717) is 36.8 Å². The van der Waals surface area contributed by atoms with Crippen molar-refractivity contribution in [2.45, 2.75) is 39.0 Å². The van der Waals surface area contributed by atoms with Gasteiger partial charge in [-0.3, -0.25) is 4.79 Å². The molecule has 0 bridgehead atoms. The number of carboxylic acid groups (broad SMARTS) is 1. The quantitative estimate of drug-likeness (QED) is 0.894. The van der Waals surface area contributed by atoms with Gasteiger partial charge in [0, 0.05) is 19.0 Å². The van der Waals surface area contributed by atoms with Crippen molar-refractivity contribution in [1.82, 2.24) is 10.1 Å². The molecule has 1 aromatic heterocycles. The van der Waals surface area contributed by atoms with Gasteiger partial charge in [-0.2, -0.15) is 4.98 Å². The Morgan fingerprint density at radius 1 is 1.44 bits per heavy atom. The van der Waals surface area contributed by atoms with Crippen LogP contribution in [0.15, 0.2) is 28.8 Å². The molecule has 1 aliphatic heterocycles. The average Bonchev–Trinajstić information content (AvgIpc) is 3.07. The van der Waals surface area contributed by atoms with Gasteiger partial charge in [0.15, 0.2) is 0 Å². The van der Waals surface area contributed by atoms with Crippen LogP contribution in [-0.2, 0) is 11.2 Å². The number of aromatic nitrogens is 2. The lowest BCUT2D eigenvalue weighted by molar-refractivity contribution is -0.149. The van der Waals surface area contributed by atoms with Gasteiger partial charge in [0.25, 0.3) is 5.95 Å². The molecule has 1 atom stereocenters. The molecule has 0 amide bonds. The number of piperidine rings is 1. The summed E-state index contributed by atoms with van der Waals surface area (Å²) in [6, 6.07) is 6.33. The molecular formula is C18H22FN3O3. The van der Waals surface area contributed by atoms with Gasteiger partial charge in [-0.15, -0.1) is 0 Å². The molecule has 2 aromatic rings. The number of benzene rings is 1. The van der Waals surface area contributed by atoms with Crippen LogP contribution < -0.4 is 4.90 Å². The van der Waals surface area contributed by atoms with Crippen LogP contribution in [0.2, 0.25) is 0 Å². The van der Waals surface area contributed by atoms with Crippen molar-refractivity contribution in [2.24, 2.45) is 5.41 Å². The van der Waals surface area contributed by atoms with Crippen LogP contribution in [-0.4, -0.2) is 34.3 Å². The van der Waals surface area contributed by atoms with Crippen LogP contribution in [0.4, 0.5) is 10.3 Å². The van der Waals surface area contributed by atoms with Gasteiger partial charge in [0.05, 0.1) is 5.41 Å². The van der Waals surface area contributed by atoms with Gasteiger partial charge in [-0.05, 0) is 36.0 Å². The third kappa shape index (κ3) is 3.50. The number of hydrogen-bond donors (Lipinski definition) is 1. The molecule has 2 heterocycles. The highest BCUT2D eigenvalue weighted by molar-refractivity contribution is 5.76. The topological polar surface area (TPSA) is 79.5 Å². The normalized spacial score (nSPS) is 20.9. The summed E-state index contributed by atoms with van der Waals surface area (Å²) >= 11 is 0. The summed E-state index contributed by atoms with van der Waals surface area (Å²) in [5.74, 6) is -0.262. The molecule has 0 saturated carbocycles. The van der Waals surface area contributed by atoms with Gasteiger partial charge in [0.2, 0.25) is 5.89 Å². The summed E-state index contributed by atoms with van der Waals surface area (Å²) < 4.78 is 19.3. The molecule has 0 aliphatic carbocycles. The molecule has 0 unspecified atom stereocenters. The predicted octanol–water partition coefficient (Wildman–Crippen LogP) is 3.25. The van der Waals surface area contributed by atoms with Gasteiger partial charge in [0.1, 0.15) is 5.82 Å². The second kappa shape index (κ2) is 6.82. The largest absolute Gasteiger partial charge is 0.481 e. The fourth-order valence-corrected chi connectivity index (χ4v) is 3.29. The first-order valence-corrected chi connectivity index (χ1v) is 8.47. The highest BCUT2D eigenvalue weighted by Gasteiger charge is 2.44. The molecule has 1 aliphatic rings. The van der Waals surface area contributed by atoms with Gasteiger partial charge in [-0.25, -0.2) is 4.39 Å². The monoisotopic (exact) mass is 347 g/mol. The van der Waals surface area contributed by atoms with E-state index < -0.39 is 11.4 Å². The van der Waals surface area contributed by atoms with Gasteiger partial charge in [-0.1, -0.05) is 32.0 Å². The number of rotatable bonds is 5. The number of carbonyl (C=O) groups is 1. The Hall–Kier alpha value is -2.44. The zero-order chi connectivity index (χ0) is 18.0. The minimum atomic E-state index is -1.07. The highest BCUT2D eigenvalue weighted by atomic mass is 19.1. The maximum Gasteiger partial charge on any atom is 0.311 e. The average molecular weight is 347 g/mol. The third-order valence-corrected chi connectivity index (χ3v) is 4.72. The second-order valence-corrected chi connectivity index (χ2v) is 6.97. The van der Waals surface area contributed by atoms with Crippen LogP contribution >= 0.6 is 0 Å². The van der Waals surface area contributed by atoms with Gasteiger partial charge >= 0.3 is 5.97 Å². The standard InChI is InChI=1S/C18H22FN3O3/c1-12(2)15-20-17(21-25-15)22-9-5-8-18(11-22,16(23)24)10-13-6-3-4-7-14(13)19/h3-4,6-7,12H,5,8-11H2,1-2H3,(H,23,24)/t18-/m0/s1. The highest BCUT2D eigenvalue weighted by Crippen LogP contribution is 2.36. The Morgan fingerprint density at radius 3 is 2.84 bits per heavy atom. The van der Waals surface area contributed by atoms with E-state index in [9.17, 15) is 14.3 Å². The van der Waals surface area contributed by atoms with Crippen molar-refractivity contribution >= 4 is 11.9 Å². The smallest absolute Gasteiger partial charge is 0.311 e. The SMILES string of the molecule is CC(C)c1nc(N2CCC[C@@](Cc3ccccc3F)(C(=O)O)C2)no1. The number of aliphatic carboxylic acids is 1. The minimum absolute atomic E-state index is 0.105. The fraction of sp³-hybridized carbons (Fsp3) is 0.500. The molecule has 7 heteroatoms. The zero-order valence-corrected chi connectivity index (χ0v) is 14.4. The van der Waals surface area contributed by atoms with E-state index in [1.807, 2.05) is 18.7 Å². The Labute approximate surface area is 145 Å². The number of anilines is 1. The molecule has 0 spiro atoms. The van der Waals surface area contributed by atoms with E-state index in [1.54, 1.807) is 18.2 Å². The van der Waals surface area contributed by atoms with Crippen LogP contribution in [0, 0.1) is 11.2 Å². The lowest BCUT2D eigenvalue weighted by Gasteiger charge is -2.39. The Morgan fingerprint density at radius 2 is 2.20 bits per heavy atom. The molecule has 0 radical (unpaired) electrons.